The van der Waals surface area contributed by atoms with Gasteiger partial charge in [-0.1, -0.05) is 31.5 Å². The molecule has 0 aromatic heterocycles. The van der Waals surface area contributed by atoms with Crippen molar-refractivity contribution in [3.8, 4) is 0 Å². The largest absolute Gasteiger partial charge is 0.223 e. The third-order valence-corrected chi connectivity index (χ3v) is 2.63. The van der Waals surface area contributed by atoms with Crippen LogP contribution < -0.4 is 5.48 Å². The molecular formula is C10H15NO2S. The SMILES string of the molecule is CCCCNOS(=O)c1ccccc1. The van der Waals surface area contributed by atoms with E-state index in [1.807, 2.05) is 18.2 Å². The van der Waals surface area contributed by atoms with Gasteiger partial charge in [-0.3, -0.25) is 0 Å². The van der Waals surface area contributed by atoms with Crippen LogP contribution in [0.5, 0.6) is 0 Å². The van der Waals surface area contributed by atoms with Gasteiger partial charge >= 0.3 is 0 Å². The molecule has 4 heteroatoms. The average molecular weight is 213 g/mol. The Bertz CT molecular complexity index is 277. The Morgan fingerprint density at radius 2 is 2.07 bits per heavy atom. The molecule has 0 aliphatic heterocycles. The van der Waals surface area contributed by atoms with Crippen molar-refractivity contribution in [2.45, 2.75) is 24.7 Å². The molecule has 0 heterocycles. The van der Waals surface area contributed by atoms with Crippen molar-refractivity contribution in [2.24, 2.45) is 0 Å². The van der Waals surface area contributed by atoms with Gasteiger partial charge in [-0.15, -0.1) is 0 Å². The van der Waals surface area contributed by atoms with Crippen molar-refractivity contribution in [3.63, 3.8) is 0 Å². The molecule has 1 aromatic rings. The number of hydrogen-bond acceptors (Lipinski definition) is 3. The van der Waals surface area contributed by atoms with Gasteiger partial charge in [0.15, 0.2) is 0 Å². The summed E-state index contributed by atoms with van der Waals surface area (Å²) in [6.45, 7) is 2.82. The van der Waals surface area contributed by atoms with Crippen molar-refractivity contribution >= 4 is 11.1 Å². The highest BCUT2D eigenvalue weighted by Gasteiger charge is 2.02. The minimum Gasteiger partial charge on any atom is -0.223 e. The summed E-state index contributed by atoms with van der Waals surface area (Å²) < 4.78 is 16.4. The first-order chi connectivity index (χ1) is 6.84. The molecule has 0 amide bonds. The lowest BCUT2D eigenvalue weighted by atomic mass is 10.3. The molecule has 1 unspecified atom stereocenters. The highest BCUT2D eigenvalue weighted by molar-refractivity contribution is 7.80. The number of nitrogens with one attached hydrogen (secondary N) is 1. The van der Waals surface area contributed by atoms with Crippen molar-refractivity contribution in [2.75, 3.05) is 6.54 Å². The summed E-state index contributed by atoms with van der Waals surface area (Å²) in [5, 5.41) is 0. The third-order valence-electron chi connectivity index (χ3n) is 1.70. The zero-order valence-corrected chi connectivity index (χ0v) is 9.05. The summed E-state index contributed by atoms with van der Waals surface area (Å²) in [6.07, 6.45) is 2.11. The smallest absolute Gasteiger partial charge is 0.206 e. The van der Waals surface area contributed by atoms with E-state index in [1.54, 1.807) is 12.1 Å². The molecule has 1 N–H and O–H groups in total. The molecule has 1 atom stereocenters. The van der Waals surface area contributed by atoms with Gasteiger partial charge in [0.25, 0.3) is 0 Å². The summed E-state index contributed by atoms with van der Waals surface area (Å²) in [6, 6.07) is 9.10. The van der Waals surface area contributed by atoms with Crippen molar-refractivity contribution in [1.29, 1.82) is 0 Å². The molecule has 0 aliphatic carbocycles. The number of hydrogen-bond donors (Lipinski definition) is 1. The van der Waals surface area contributed by atoms with Crippen molar-refractivity contribution in [3.05, 3.63) is 30.3 Å². The molecule has 1 rings (SSSR count). The van der Waals surface area contributed by atoms with Crippen LogP contribution in [0, 0.1) is 0 Å². The Labute approximate surface area is 87.1 Å². The fraction of sp³-hybridized carbons (Fsp3) is 0.400. The molecule has 3 nitrogen and oxygen atoms in total. The number of unbranched alkanes of at least 4 members (excludes halogenated alkanes) is 1. The standard InChI is InChI=1S/C10H15NO2S/c1-2-3-9-11-13-14(12)10-7-5-4-6-8-10/h4-8,11H,2-3,9H2,1H3. The summed E-state index contributed by atoms with van der Waals surface area (Å²) >= 11 is -1.40. The van der Waals surface area contributed by atoms with E-state index in [-0.39, 0.29) is 0 Å². The molecule has 0 bridgehead atoms. The number of rotatable bonds is 6. The Hall–Kier alpha value is -0.710. The second-order valence-corrected chi connectivity index (χ2v) is 3.99. The van der Waals surface area contributed by atoms with Gasteiger partial charge < -0.3 is 0 Å². The van der Waals surface area contributed by atoms with Gasteiger partial charge in [0.1, 0.15) is 0 Å². The molecule has 0 saturated carbocycles. The maximum Gasteiger partial charge on any atom is 0.206 e. The Morgan fingerprint density at radius 1 is 1.36 bits per heavy atom. The van der Waals surface area contributed by atoms with Gasteiger partial charge in [0.05, 0.1) is 4.90 Å². The summed E-state index contributed by atoms with van der Waals surface area (Å²) in [7, 11) is 0. The fourth-order valence-corrected chi connectivity index (χ4v) is 1.59. The van der Waals surface area contributed by atoms with Gasteiger partial charge in [-0.25, -0.2) is 4.21 Å². The predicted molar refractivity (Wildman–Crippen MR) is 56.8 cm³/mol. The van der Waals surface area contributed by atoms with Gasteiger partial charge in [0, 0.05) is 6.54 Å². The Morgan fingerprint density at radius 3 is 2.71 bits per heavy atom. The quantitative estimate of drug-likeness (QED) is 0.580. The predicted octanol–water partition coefficient (Wildman–Crippen LogP) is 2.03. The van der Waals surface area contributed by atoms with Crippen LogP contribution in [0.4, 0.5) is 0 Å². The van der Waals surface area contributed by atoms with Crippen LogP contribution in [-0.2, 0) is 15.4 Å². The lowest BCUT2D eigenvalue weighted by Gasteiger charge is -2.03. The van der Waals surface area contributed by atoms with Crippen LogP contribution in [0.15, 0.2) is 35.2 Å². The molecule has 78 valence electrons. The molecule has 0 radical (unpaired) electrons. The molecule has 0 saturated heterocycles. The minimum atomic E-state index is -1.40. The topological polar surface area (TPSA) is 38.3 Å². The van der Waals surface area contributed by atoms with E-state index in [0.717, 1.165) is 19.4 Å². The lowest BCUT2D eigenvalue weighted by Crippen LogP contribution is -2.17. The van der Waals surface area contributed by atoms with E-state index in [4.69, 9.17) is 4.28 Å². The van der Waals surface area contributed by atoms with Crippen molar-refractivity contribution < 1.29 is 8.49 Å². The van der Waals surface area contributed by atoms with E-state index in [9.17, 15) is 4.21 Å². The molecule has 0 fully saturated rings. The highest BCUT2D eigenvalue weighted by Crippen LogP contribution is 2.04. The van der Waals surface area contributed by atoms with E-state index in [2.05, 4.69) is 12.4 Å². The van der Waals surface area contributed by atoms with Crippen LogP contribution in [0.1, 0.15) is 19.8 Å². The van der Waals surface area contributed by atoms with Crippen LogP contribution >= 0.6 is 0 Å². The summed E-state index contributed by atoms with van der Waals surface area (Å²) in [5.41, 5.74) is 2.68. The fourth-order valence-electron chi connectivity index (χ4n) is 0.924. The molecular weight excluding hydrogens is 198 g/mol. The Kier molecular flexibility index (Phi) is 5.44. The molecule has 0 aliphatic rings. The first-order valence-electron chi connectivity index (χ1n) is 4.71. The average Bonchev–Trinajstić information content (AvgIpc) is 2.25. The van der Waals surface area contributed by atoms with Crippen LogP contribution in [0.3, 0.4) is 0 Å². The first-order valence-corrected chi connectivity index (χ1v) is 5.79. The van der Waals surface area contributed by atoms with Crippen LogP contribution in [0.25, 0.3) is 0 Å². The molecule has 1 aromatic carbocycles. The zero-order valence-electron chi connectivity index (χ0n) is 8.23. The second kappa shape index (κ2) is 6.70. The zero-order chi connectivity index (χ0) is 10.2. The molecule has 0 spiro atoms. The normalized spacial score (nSPS) is 12.6. The number of hydroxylamine groups is 1. The monoisotopic (exact) mass is 213 g/mol. The Balaban J connectivity index is 2.29. The van der Waals surface area contributed by atoms with Gasteiger partial charge in [-0.2, -0.15) is 9.76 Å². The summed E-state index contributed by atoms with van der Waals surface area (Å²) in [5.74, 6) is 0. The van der Waals surface area contributed by atoms with Crippen molar-refractivity contribution in [1.82, 2.24) is 5.48 Å². The minimum absolute atomic E-state index is 0.677. The van der Waals surface area contributed by atoms with E-state index in [0.29, 0.717) is 4.90 Å². The maximum atomic E-state index is 11.4. The first kappa shape index (κ1) is 11.4. The van der Waals surface area contributed by atoms with Crippen LogP contribution in [0.2, 0.25) is 0 Å². The van der Waals surface area contributed by atoms with E-state index >= 15 is 0 Å². The highest BCUT2D eigenvalue weighted by atomic mass is 32.2. The van der Waals surface area contributed by atoms with Crippen LogP contribution in [-0.4, -0.2) is 10.8 Å². The van der Waals surface area contributed by atoms with E-state index in [1.165, 1.54) is 0 Å². The van der Waals surface area contributed by atoms with E-state index < -0.39 is 11.1 Å². The number of benzene rings is 1. The van der Waals surface area contributed by atoms with Gasteiger partial charge in [-0.05, 0) is 18.6 Å². The van der Waals surface area contributed by atoms with Gasteiger partial charge in [0.2, 0.25) is 11.1 Å². The molecule has 14 heavy (non-hydrogen) atoms. The second-order valence-electron chi connectivity index (χ2n) is 2.88. The maximum absolute atomic E-state index is 11.4. The lowest BCUT2D eigenvalue weighted by molar-refractivity contribution is 0.219. The third kappa shape index (κ3) is 4.00. The summed E-state index contributed by atoms with van der Waals surface area (Å²) in [4.78, 5) is 0.677.